The van der Waals surface area contributed by atoms with Gasteiger partial charge in [0.1, 0.15) is 6.29 Å². The maximum Gasteiger partial charge on any atom is 0.220 e. The van der Waals surface area contributed by atoms with Crippen LogP contribution < -0.4 is 5.32 Å². The number of hydrogen-bond acceptors (Lipinski definition) is 3. The molecule has 0 aromatic carbocycles. The van der Waals surface area contributed by atoms with Crippen LogP contribution in [0.15, 0.2) is 24.5 Å². The van der Waals surface area contributed by atoms with Crippen molar-refractivity contribution in [2.45, 2.75) is 32.7 Å². The summed E-state index contributed by atoms with van der Waals surface area (Å²) in [5, 5.41) is 2.71. The molecule has 0 bridgehead atoms. The fourth-order valence-electron chi connectivity index (χ4n) is 1.42. The van der Waals surface area contributed by atoms with Gasteiger partial charge >= 0.3 is 0 Å². The van der Waals surface area contributed by atoms with Crippen LogP contribution in [0.25, 0.3) is 0 Å². The topological polar surface area (TPSA) is 59.1 Å². The smallest absolute Gasteiger partial charge is 0.220 e. The first-order valence-corrected chi connectivity index (χ1v) is 5.77. The molecule has 4 nitrogen and oxygen atoms in total. The van der Waals surface area contributed by atoms with Crippen LogP contribution in [0.4, 0.5) is 0 Å². The van der Waals surface area contributed by atoms with Crippen LogP contribution in [0.5, 0.6) is 0 Å². The molecule has 0 radical (unpaired) electrons. The summed E-state index contributed by atoms with van der Waals surface area (Å²) in [6.07, 6.45) is 5.25. The van der Waals surface area contributed by atoms with E-state index in [1.54, 1.807) is 12.4 Å². The number of amides is 1. The molecule has 1 N–H and O–H groups in total. The van der Waals surface area contributed by atoms with Crippen molar-refractivity contribution >= 4 is 12.2 Å². The molecule has 0 aliphatic carbocycles. The third kappa shape index (κ3) is 4.76. The molecule has 0 aliphatic rings. The molecule has 4 heteroatoms. The average molecular weight is 234 g/mol. The van der Waals surface area contributed by atoms with Gasteiger partial charge in [0.25, 0.3) is 0 Å². The number of rotatable bonds is 6. The molecule has 0 saturated heterocycles. The number of aromatic nitrogens is 1. The van der Waals surface area contributed by atoms with E-state index < -0.39 is 6.04 Å². The van der Waals surface area contributed by atoms with E-state index in [4.69, 9.17) is 0 Å². The monoisotopic (exact) mass is 234 g/mol. The molecule has 0 saturated carbocycles. The first-order valence-electron chi connectivity index (χ1n) is 5.77. The Morgan fingerprint density at radius 3 is 2.82 bits per heavy atom. The van der Waals surface area contributed by atoms with E-state index in [1.165, 1.54) is 0 Å². The number of nitrogens with one attached hydrogen (secondary N) is 1. The summed E-state index contributed by atoms with van der Waals surface area (Å²) in [6, 6.07) is 3.38. The molecule has 0 spiro atoms. The molecule has 0 unspecified atom stereocenters. The molecule has 1 amide bonds. The van der Waals surface area contributed by atoms with Crippen LogP contribution in [-0.2, 0) is 16.0 Å². The second-order valence-electron chi connectivity index (χ2n) is 4.33. The summed E-state index contributed by atoms with van der Waals surface area (Å²) >= 11 is 0. The van der Waals surface area contributed by atoms with E-state index in [1.807, 2.05) is 26.0 Å². The summed E-state index contributed by atoms with van der Waals surface area (Å²) in [5.41, 5.74) is 1.02. The second-order valence-corrected chi connectivity index (χ2v) is 4.33. The van der Waals surface area contributed by atoms with Crippen molar-refractivity contribution in [3.05, 3.63) is 30.1 Å². The Morgan fingerprint density at radius 2 is 2.29 bits per heavy atom. The molecular weight excluding hydrogens is 216 g/mol. The highest BCUT2D eigenvalue weighted by Crippen LogP contribution is 2.02. The van der Waals surface area contributed by atoms with Crippen LogP contribution in [-0.4, -0.2) is 23.2 Å². The minimum Gasteiger partial charge on any atom is -0.346 e. The van der Waals surface area contributed by atoms with Crippen molar-refractivity contribution in [1.82, 2.24) is 10.3 Å². The molecule has 1 rings (SSSR count). The molecule has 1 aromatic rings. The van der Waals surface area contributed by atoms with Crippen LogP contribution >= 0.6 is 0 Å². The molecule has 0 aliphatic heterocycles. The predicted octanol–water partition coefficient (Wildman–Crippen LogP) is 1.35. The van der Waals surface area contributed by atoms with Gasteiger partial charge in [-0.2, -0.15) is 0 Å². The number of hydrogen-bond donors (Lipinski definition) is 1. The lowest BCUT2D eigenvalue weighted by Crippen LogP contribution is -2.39. The van der Waals surface area contributed by atoms with E-state index in [9.17, 15) is 9.59 Å². The fraction of sp³-hybridized carbons (Fsp3) is 0.462. The number of nitrogens with zero attached hydrogens (tertiary/aromatic N) is 1. The Hall–Kier alpha value is -1.71. The van der Waals surface area contributed by atoms with E-state index in [0.29, 0.717) is 12.8 Å². The van der Waals surface area contributed by atoms with Crippen LogP contribution in [0, 0.1) is 5.92 Å². The Kier molecular flexibility index (Phi) is 5.33. The van der Waals surface area contributed by atoms with E-state index >= 15 is 0 Å². The third-order valence-corrected chi connectivity index (χ3v) is 2.56. The molecule has 0 fully saturated rings. The molecule has 17 heavy (non-hydrogen) atoms. The Morgan fingerprint density at radius 1 is 1.53 bits per heavy atom. The number of carbonyl (C=O) groups is 2. The van der Waals surface area contributed by atoms with Gasteiger partial charge in [-0.1, -0.05) is 19.9 Å². The van der Waals surface area contributed by atoms with Gasteiger partial charge in [-0.15, -0.1) is 0 Å². The third-order valence-electron chi connectivity index (χ3n) is 2.56. The maximum atomic E-state index is 11.6. The van der Waals surface area contributed by atoms with Gasteiger partial charge in [0, 0.05) is 18.8 Å². The van der Waals surface area contributed by atoms with E-state index in [2.05, 4.69) is 10.3 Å². The number of aryl methyl sites for hydroxylation is 1. The van der Waals surface area contributed by atoms with Crippen molar-refractivity contribution in [2.24, 2.45) is 5.92 Å². The van der Waals surface area contributed by atoms with Gasteiger partial charge in [-0.25, -0.2) is 0 Å². The minimum atomic E-state index is -0.392. The normalized spacial score (nSPS) is 12.2. The van der Waals surface area contributed by atoms with Gasteiger partial charge in [0.2, 0.25) is 5.91 Å². The number of carbonyl (C=O) groups excluding carboxylic acids is 2. The van der Waals surface area contributed by atoms with Gasteiger partial charge in [0.15, 0.2) is 0 Å². The van der Waals surface area contributed by atoms with E-state index in [-0.39, 0.29) is 11.8 Å². The Balaban J connectivity index is 2.37. The van der Waals surface area contributed by atoms with Crippen LogP contribution in [0.2, 0.25) is 0 Å². The molecule has 1 heterocycles. The van der Waals surface area contributed by atoms with Crippen LogP contribution in [0.3, 0.4) is 0 Å². The van der Waals surface area contributed by atoms with Gasteiger partial charge in [-0.05, 0) is 24.0 Å². The predicted molar refractivity (Wildman–Crippen MR) is 65.4 cm³/mol. The standard InChI is InChI=1S/C13H18N2O2/c1-10(2)12(9-16)15-13(17)6-5-11-4-3-7-14-8-11/h3-4,7-10,12H,5-6H2,1-2H3,(H,15,17)/t12-/m1/s1. The van der Waals surface area contributed by atoms with E-state index in [0.717, 1.165) is 11.8 Å². The zero-order valence-corrected chi connectivity index (χ0v) is 10.2. The highest BCUT2D eigenvalue weighted by Gasteiger charge is 2.14. The molecule has 92 valence electrons. The fourth-order valence-corrected chi connectivity index (χ4v) is 1.42. The van der Waals surface area contributed by atoms with Crippen molar-refractivity contribution < 1.29 is 9.59 Å². The second kappa shape index (κ2) is 6.78. The first kappa shape index (κ1) is 13.4. The SMILES string of the molecule is CC(C)[C@@H](C=O)NC(=O)CCc1cccnc1. The molecule has 1 atom stereocenters. The zero-order valence-electron chi connectivity index (χ0n) is 10.2. The van der Waals surface area contributed by atoms with Crippen LogP contribution in [0.1, 0.15) is 25.8 Å². The summed E-state index contributed by atoms with van der Waals surface area (Å²) in [7, 11) is 0. The number of aldehydes is 1. The summed E-state index contributed by atoms with van der Waals surface area (Å²) < 4.78 is 0. The van der Waals surface area contributed by atoms with Crippen molar-refractivity contribution in [3.63, 3.8) is 0 Å². The molecular formula is C13H18N2O2. The quantitative estimate of drug-likeness (QED) is 0.756. The van der Waals surface area contributed by atoms with Gasteiger partial charge in [0.05, 0.1) is 6.04 Å². The first-order chi connectivity index (χ1) is 8.13. The maximum absolute atomic E-state index is 11.6. The van der Waals surface area contributed by atoms with Crippen molar-refractivity contribution in [3.8, 4) is 0 Å². The van der Waals surface area contributed by atoms with Crippen molar-refractivity contribution in [1.29, 1.82) is 0 Å². The highest BCUT2D eigenvalue weighted by molar-refractivity contribution is 5.79. The lowest BCUT2D eigenvalue weighted by Gasteiger charge is -2.15. The lowest BCUT2D eigenvalue weighted by molar-refractivity contribution is -0.124. The lowest BCUT2D eigenvalue weighted by atomic mass is 10.1. The highest BCUT2D eigenvalue weighted by atomic mass is 16.2. The summed E-state index contributed by atoms with van der Waals surface area (Å²) in [6.45, 7) is 3.81. The summed E-state index contributed by atoms with van der Waals surface area (Å²) in [5.74, 6) is 0.0227. The largest absolute Gasteiger partial charge is 0.346 e. The average Bonchev–Trinajstić information content (AvgIpc) is 2.34. The number of pyridine rings is 1. The minimum absolute atomic E-state index is 0.0975. The van der Waals surface area contributed by atoms with Crippen molar-refractivity contribution in [2.75, 3.05) is 0 Å². The Bertz CT molecular complexity index is 363. The van der Waals surface area contributed by atoms with Gasteiger partial charge < -0.3 is 10.1 Å². The summed E-state index contributed by atoms with van der Waals surface area (Å²) in [4.78, 5) is 26.3. The zero-order chi connectivity index (χ0) is 12.7. The Labute approximate surface area is 101 Å². The molecule has 1 aromatic heterocycles. The van der Waals surface area contributed by atoms with Gasteiger partial charge in [-0.3, -0.25) is 9.78 Å².